The van der Waals surface area contributed by atoms with Gasteiger partial charge < -0.3 is 10.2 Å². The van der Waals surface area contributed by atoms with E-state index >= 15 is 0 Å². The second-order valence-electron chi connectivity index (χ2n) is 6.55. The molecular weight excluding hydrogens is 276 g/mol. The standard InChI is InChI=1S/C19H38O3/c1-2-3-4-5-6-9-12-15-18(20)16-13-10-7-8-11-14-17-19(21)22/h19,21-22H,2-17H2,1H3. The van der Waals surface area contributed by atoms with E-state index in [-0.39, 0.29) is 0 Å². The van der Waals surface area contributed by atoms with Gasteiger partial charge in [0.1, 0.15) is 5.78 Å². The minimum absolute atomic E-state index is 0.442. The Balaban J connectivity index is 3.16. The Labute approximate surface area is 137 Å². The van der Waals surface area contributed by atoms with E-state index in [1.165, 1.54) is 38.5 Å². The normalized spacial score (nSPS) is 11.3. The van der Waals surface area contributed by atoms with Crippen LogP contribution in [0, 0.1) is 0 Å². The van der Waals surface area contributed by atoms with Crippen LogP contribution < -0.4 is 0 Å². The lowest BCUT2D eigenvalue weighted by Gasteiger charge is -2.04. The third-order valence-corrected chi connectivity index (χ3v) is 4.23. The monoisotopic (exact) mass is 314 g/mol. The summed E-state index contributed by atoms with van der Waals surface area (Å²) in [5, 5.41) is 17.4. The van der Waals surface area contributed by atoms with Crippen molar-refractivity contribution in [2.45, 2.75) is 116 Å². The first-order valence-electron chi connectivity index (χ1n) is 9.54. The Kier molecular flexibility index (Phi) is 16.6. The summed E-state index contributed by atoms with van der Waals surface area (Å²) in [6.07, 6.45) is 16.2. The van der Waals surface area contributed by atoms with E-state index < -0.39 is 6.29 Å². The van der Waals surface area contributed by atoms with Crippen LogP contribution in [0.5, 0.6) is 0 Å². The van der Waals surface area contributed by atoms with Gasteiger partial charge in [0.25, 0.3) is 0 Å². The largest absolute Gasteiger partial charge is 0.368 e. The number of carbonyl (C=O) groups excluding carboxylic acids is 1. The molecule has 0 amide bonds. The highest BCUT2D eigenvalue weighted by Gasteiger charge is 2.02. The molecule has 3 nitrogen and oxygen atoms in total. The smallest absolute Gasteiger partial charge is 0.151 e. The van der Waals surface area contributed by atoms with Gasteiger partial charge in [-0.05, 0) is 25.7 Å². The quantitative estimate of drug-likeness (QED) is 0.289. The predicted molar refractivity (Wildman–Crippen MR) is 92.8 cm³/mol. The average Bonchev–Trinajstić information content (AvgIpc) is 2.48. The van der Waals surface area contributed by atoms with Gasteiger partial charge in [-0.3, -0.25) is 4.79 Å². The highest BCUT2D eigenvalue weighted by molar-refractivity contribution is 5.78. The molecule has 0 unspecified atom stereocenters. The van der Waals surface area contributed by atoms with Crippen LogP contribution in [0.25, 0.3) is 0 Å². The Morgan fingerprint density at radius 2 is 1.09 bits per heavy atom. The Morgan fingerprint density at radius 1 is 0.682 bits per heavy atom. The maximum atomic E-state index is 11.7. The van der Waals surface area contributed by atoms with Crippen molar-refractivity contribution in [3.63, 3.8) is 0 Å². The predicted octanol–water partition coefficient (Wildman–Crippen LogP) is 5.13. The first kappa shape index (κ1) is 21.6. The third-order valence-electron chi connectivity index (χ3n) is 4.23. The maximum Gasteiger partial charge on any atom is 0.151 e. The van der Waals surface area contributed by atoms with E-state index in [1.807, 2.05) is 0 Å². The van der Waals surface area contributed by atoms with E-state index in [9.17, 15) is 4.79 Å². The summed E-state index contributed by atoms with van der Waals surface area (Å²) >= 11 is 0. The maximum absolute atomic E-state index is 11.7. The van der Waals surface area contributed by atoms with Gasteiger partial charge in [-0.2, -0.15) is 0 Å². The molecule has 0 radical (unpaired) electrons. The van der Waals surface area contributed by atoms with Crippen molar-refractivity contribution in [1.82, 2.24) is 0 Å². The molecule has 0 spiro atoms. The van der Waals surface area contributed by atoms with Crippen molar-refractivity contribution in [1.29, 1.82) is 0 Å². The lowest BCUT2D eigenvalue weighted by atomic mass is 10.0. The molecule has 0 aliphatic heterocycles. The SMILES string of the molecule is CCCCCCCCCC(=O)CCCCCCCCC(O)O. The number of ketones is 1. The van der Waals surface area contributed by atoms with Crippen LogP contribution in [-0.4, -0.2) is 22.3 Å². The van der Waals surface area contributed by atoms with Crippen LogP contribution in [0.4, 0.5) is 0 Å². The van der Waals surface area contributed by atoms with E-state index in [1.54, 1.807) is 0 Å². The molecule has 22 heavy (non-hydrogen) atoms. The zero-order valence-corrected chi connectivity index (χ0v) is 14.7. The molecule has 132 valence electrons. The number of Topliss-reactive ketones (excluding diaryl/α,β-unsaturated/α-hetero) is 1. The van der Waals surface area contributed by atoms with Gasteiger partial charge in [-0.15, -0.1) is 0 Å². The van der Waals surface area contributed by atoms with Crippen molar-refractivity contribution in [3.05, 3.63) is 0 Å². The molecule has 0 fully saturated rings. The molecule has 0 aliphatic carbocycles. The Morgan fingerprint density at radius 3 is 1.55 bits per heavy atom. The van der Waals surface area contributed by atoms with Crippen molar-refractivity contribution in [2.75, 3.05) is 0 Å². The van der Waals surface area contributed by atoms with Crippen LogP contribution in [0.3, 0.4) is 0 Å². The fourth-order valence-electron chi connectivity index (χ4n) is 2.76. The summed E-state index contributed by atoms with van der Waals surface area (Å²) in [7, 11) is 0. The second kappa shape index (κ2) is 17.0. The van der Waals surface area contributed by atoms with Crippen LogP contribution in [0.15, 0.2) is 0 Å². The van der Waals surface area contributed by atoms with Gasteiger partial charge in [-0.25, -0.2) is 0 Å². The van der Waals surface area contributed by atoms with Crippen molar-refractivity contribution in [3.8, 4) is 0 Å². The van der Waals surface area contributed by atoms with Crippen molar-refractivity contribution in [2.24, 2.45) is 0 Å². The summed E-state index contributed by atoms with van der Waals surface area (Å²) in [6.45, 7) is 2.23. The van der Waals surface area contributed by atoms with Crippen LogP contribution >= 0.6 is 0 Å². The Bertz CT molecular complexity index is 239. The molecule has 2 N–H and O–H groups in total. The van der Waals surface area contributed by atoms with E-state index in [2.05, 4.69) is 6.92 Å². The molecule has 0 aliphatic rings. The number of hydrogen-bond acceptors (Lipinski definition) is 3. The summed E-state index contributed by atoms with van der Waals surface area (Å²) in [4.78, 5) is 11.7. The number of carbonyl (C=O) groups is 1. The number of hydrogen-bond donors (Lipinski definition) is 2. The molecule has 0 rings (SSSR count). The summed E-state index contributed by atoms with van der Waals surface area (Å²) < 4.78 is 0. The third kappa shape index (κ3) is 17.6. The van der Waals surface area contributed by atoms with Gasteiger partial charge in [0.15, 0.2) is 6.29 Å². The molecule has 0 aromatic rings. The summed E-state index contributed by atoms with van der Waals surface area (Å²) in [5.41, 5.74) is 0. The molecule has 0 saturated heterocycles. The van der Waals surface area contributed by atoms with Crippen LogP contribution in [-0.2, 0) is 4.79 Å². The average molecular weight is 315 g/mol. The zero-order chi connectivity index (χ0) is 16.5. The van der Waals surface area contributed by atoms with Crippen molar-refractivity contribution < 1.29 is 15.0 Å². The number of aliphatic hydroxyl groups excluding tert-OH is 1. The van der Waals surface area contributed by atoms with Crippen molar-refractivity contribution >= 4 is 5.78 Å². The molecule has 0 atom stereocenters. The fraction of sp³-hybridized carbons (Fsp3) is 0.947. The topological polar surface area (TPSA) is 57.5 Å². The van der Waals surface area contributed by atoms with E-state index in [0.29, 0.717) is 12.2 Å². The van der Waals surface area contributed by atoms with E-state index in [0.717, 1.165) is 57.8 Å². The van der Waals surface area contributed by atoms with Gasteiger partial charge in [0, 0.05) is 12.8 Å². The molecule has 0 bridgehead atoms. The molecule has 0 heterocycles. The fourth-order valence-corrected chi connectivity index (χ4v) is 2.76. The molecular formula is C19H38O3. The molecule has 3 heteroatoms. The number of unbranched alkanes of at least 4 members (excludes halogenated alkanes) is 11. The molecule has 0 saturated carbocycles. The zero-order valence-electron chi connectivity index (χ0n) is 14.7. The van der Waals surface area contributed by atoms with Gasteiger partial charge in [0.05, 0.1) is 0 Å². The minimum atomic E-state index is -1.15. The molecule has 0 aromatic heterocycles. The molecule has 0 aromatic carbocycles. The van der Waals surface area contributed by atoms with E-state index in [4.69, 9.17) is 10.2 Å². The van der Waals surface area contributed by atoms with Gasteiger partial charge in [-0.1, -0.05) is 71.1 Å². The highest BCUT2D eigenvalue weighted by atomic mass is 16.5. The lowest BCUT2D eigenvalue weighted by molar-refractivity contribution is -0.119. The van der Waals surface area contributed by atoms with Gasteiger partial charge in [0.2, 0.25) is 0 Å². The first-order chi connectivity index (χ1) is 10.7. The highest BCUT2D eigenvalue weighted by Crippen LogP contribution is 2.12. The first-order valence-corrected chi connectivity index (χ1v) is 9.54. The van der Waals surface area contributed by atoms with Crippen LogP contribution in [0.2, 0.25) is 0 Å². The summed E-state index contributed by atoms with van der Waals surface area (Å²) in [5.74, 6) is 0.442. The Hall–Kier alpha value is -0.410. The second-order valence-corrected chi connectivity index (χ2v) is 6.55. The lowest BCUT2D eigenvalue weighted by Crippen LogP contribution is -2.02. The summed E-state index contributed by atoms with van der Waals surface area (Å²) in [6, 6.07) is 0. The number of aliphatic hydroxyl groups is 2. The minimum Gasteiger partial charge on any atom is -0.368 e. The van der Waals surface area contributed by atoms with Crippen LogP contribution in [0.1, 0.15) is 110 Å². The number of rotatable bonds is 17. The van der Waals surface area contributed by atoms with Gasteiger partial charge >= 0.3 is 0 Å².